The van der Waals surface area contributed by atoms with E-state index in [-0.39, 0.29) is 36.1 Å². The molecule has 1 rings (SSSR count). The number of thioether (sulfide) groups is 1. The van der Waals surface area contributed by atoms with E-state index in [1.807, 2.05) is 0 Å². The molecule has 6 nitrogen and oxygen atoms in total. The molecular formula is C10H14F3N3O3S. The van der Waals surface area contributed by atoms with Crippen LogP contribution >= 0.6 is 11.8 Å². The summed E-state index contributed by atoms with van der Waals surface area (Å²) in [5.41, 5.74) is 0. The monoisotopic (exact) mass is 313 g/mol. The van der Waals surface area contributed by atoms with Crippen LogP contribution < -0.4 is 0 Å². The third-order valence-electron chi connectivity index (χ3n) is 2.35. The molecule has 0 aromatic carbocycles. The van der Waals surface area contributed by atoms with Gasteiger partial charge in [0.2, 0.25) is 0 Å². The molecule has 114 valence electrons. The van der Waals surface area contributed by atoms with Gasteiger partial charge in [0.05, 0.1) is 5.75 Å². The van der Waals surface area contributed by atoms with Gasteiger partial charge in [-0.05, 0) is 12.8 Å². The van der Waals surface area contributed by atoms with Crippen LogP contribution in [-0.4, -0.2) is 42.9 Å². The highest BCUT2D eigenvalue weighted by atomic mass is 32.2. The first-order valence-electron chi connectivity index (χ1n) is 5.78. The maximum absolute atomic E-state index is 12.0. The molecule has 0 bridgehead atoms. The van der Waals surface area contributed by atoms with Gasteiger partial charge in [0.25, 0.3) is 0 Å². The zero-order valence-electron chi connectivity index (χ0n) is 10.4. The lowest BCUT2D eigenvalue weighted by Crippen LogP contribution is -2.10. The smallest absolute Gasteiger partial charge is 0.389 e. The Morgan fingerprint density at radius 3 is 2.55 bits per heavy atom. The molecule has 1 heterocycles. The zero-order chi connectivity index (χ0) is 15.2. The van der Waals surface area contributed by atoms with Gasteiger partial charge in [0.1, 0.15) is 6.61 Å². The average Bonchev–Trinajstić information content (AvgIpc) is 2.73. The van der Waals surface area contributed by atoms with E-state index in [0.717, 1.165) is 11.8 Å². The summed E-state index contributed by atoms with van der Waals surface area (Å²) in [4.78, 5) is 10.5. The number of carbonyl (C=O) groups is 1. The lowest BCUT2D eigenvalue weighted by molar-refractivity contribution is -0.136. The number of halogens is 3. The maximum atomic E-state index is 12.0. The molecule has 1 aromatic rings. The highest BCUT2D eigenvalue weighted by molar-refractivity contribution is 7.99. The second-order valence-electron chi connectivity index (χ2n) is 3.96. The summed E-state index contributed by atoms with van der Waals surface area (Å²) < 4.78 is 37.5. The molecule has 1 aromatic heterocycles. The molecule has 0 atom stereocenters. The minimum Gasteiger partial charge on any atom is -0.481 e. The van der Waals surface area contributed by atoms with Crippen LogP contribution in [-0.2, 0) is 17.9 Å². The van der Waals surface area contributed by atoms with Crippen molar-refractivity contribution in [3.05, 3.63) is 5.82 Å². The van der Waals surface area contributed by atoms with Crippen LogP contribution in [0.15, 0.2) is 5.16 Å². The molecule has 0 radical (unpaired) electrons. The lowest BCUT2D eigenvalue weighted by atomic mass is 10.2. The third kappa shape index (κ3) is 5.78. The highest BCUT2D eigenvalue weighted by Gasteiger charge is 2.26. The van der Waals surface area contributed by atoms with E-state index < -0.39 is 25.2 Å². The Labute approximate surface area is 117 Å². The van der Waals surface area contributed by atoms with Crippen molar-refractivity contribution in [2.75, 3.05) is 5.75 Å². The van der Waals surface area contributed by atoms with Crippen molar-refractivity contribution in [3.8, 4) is 0 Å². The number of rotatable bonds is 8. The number of aliphatic hydroxyl groups excluding tert-OH is 1. The van der Waals surface area contributed by atoms with Gasteiger partial charge < -0.3 is 14.8 Å². The summed E-state index contributed by atoms with van der Waals surface area (Å²) in [5, 5.41) is 25.3. The number of carboxylic acid groups (broad SMARTS) is 1. The van der Waals surface area contributed by atoms with Crippen LogP contribution in [0.2, 0.25) is 0 Å². The molecule has 0 fully saturated rings. The number of aliphatic hydroxyl groups is 1. The summed E-state index contributed by atoms with van der Waals surface area (Å²) in [6.07, 6.45) is -4.87. The van der Waals surface area contributed by atoms with E-state index in [9.17, 15) is 18.0 Å². The van der Waals surface area contributed by atoms with Gasteiger partial charge >= 0.3 is 12.1 Å². The fourth-order valence-corrected chi connectivity index (χ4v) is 2.19. The summed E-state index contributed by atoms with van der Waals surface area (Å²) in [6, 6.07) is 0. The number of unbranched alkanes of at least 4 members (excludes halogenated alkanes) is 1. The Morgan fingerprint density at radius 2 is 2.00 bits per heavy atom. The molecule has 0 unspecified atom stereocenters. The number of hydrogen-bond donors (Lipinski definition) is 2. The van der Waals surface area contributed by atoms with Gasteiger partial charge in [0, 0.05) is 13.0 Å². The Hall–Kier alpha value is -1.29. The average molecular weight is 313 g/mol. The van der Waals surface area contributed by atoms with Crippen LogP contribution in [0.4, 0.5) is 13.2 Å². The van der Waals surface area contributed by atoms with E-state index in [2.05, 4.69) is 10.2 Å². The summed E-state index contributed by atoms with van der Waals surface area (Å²) in [7, 11) is 0. The van der Waals surface area contributed by atoms with Crippen LogP contribution in [0, 0.1) is 0 Å². The second kappa shape index (κ2) is 7.48. The molecule has 2 N–H and O–H groups in total. The number of alkyl halides is 3. The highest BCUT2D eigenvalue weighted by Crippen LogP contribution is 2.23. The molecule has 0 amide bonds. The van der Waals surface area contributed by atoms with Crippen molar-refractivity contribution in [1.29, 1.82) is 0 Å². The number of hydrogen-bond acceptors (Lipinski definition) is 5. The Balaban J connectivity index is 2.57. The molecule has 0 saturated heterocycles. The topological polar surface area (TPSA) is 88.2 Å². The fourth-order valence-electron chi connectivity index (χ4n) is 1.49. The number of aromatic nitrogens is 3. The zero-order valence-corrected chi connectivity index (χ0v) is 11.2. The molecule has 10 heteroatoms. The number of carboxylic acids is 1. The standard InChI is InChI=1S/C10H14F3N3O3S/c11-10(12,13)3-1-2-4-16-7(5-17)14-15-9(16)20-6-8(18)19/h17H,1-6H2,(H,18,19). The Kier molecular flexibility index (Phi) is 6.27. The Morgan fingerprint density at radius 1 is 1.30 bits per heavy atom. The molecular weight excluding hydrogens is 299 g/mol. The maximum Gasteiger partial charge on any atom is 0.389 e. The number of aliphatic carboxylic acids is 1. The molecule has 0 spiro atoms. The van der Waals surface area contributed by atoms with Crippen molar-refractivity contribution in [2.45, 2.75) is 43.7 Å². The van der Waals surface area contributed by atoms with Gasteiger partial charge in [-0.15, -0.1) is 10.2 Å². The molecule has 0 aliphatic heterocycles. The van der Waals surface area contributed by atoms with Crippen LogP contribution in [0.3, 0.4) is 0 Å². The molecule has 20 heavy (non-hydrogen) atoms. The van der Waals surface area contributed by atoms with Crippen molar-refractivity contribution in [2.24, 2.45) is 0 Å². The van der Waals surface area contributed by atoms with E-state index in [0.29, 0.717) is 0 Å². The van der Waals surface area contributed by atoms with Gasteiger partial charge in [-0.25, -0.2) is 0 Å². The SMILES string of the molecule is O=C(O)CSc1nnc(CO)n1CCCCC(F)(F)F. The quantitative estimate of drug-likeness (QED) is 0.561. The number of nitrogens with zero attached hydrogens (tertiary/aromatic N) is 3. The largest absolute Gasteiger partial charge is 0.481 e. The van der Waals surface area contributed by atoms with Crippen molar-refractivity contribution < 1.29 is 28.2 Å². The lowest BCUT2D eigenvalue weighted by Gasteiger charge is -2.09. The first kappa shape index (κ1) is 16.8. The van der Waals surface area contributed by atoms with E-state index in [1.165, 1.54) is 4.57 Å². The van der Waals surface area contributed by atoms with Crippen LogP contribution in [0.5, 0.6) is 0 Å². The fraction of sp³-hybridized carbons (Fsp3) is 0.700. The van der Waals surface area contributed by atoms with E-state index in [4.69, 9.17) is 10.2 Å². The van der Waals surface area contributed by atoms with Gasteiger partial charge in [-0.2, -0.15) is 13.2 Å². The van der Waals surface area contributed by atoms with E-state index in [1.54, 1.807) is 0 Å². The van der Waals surface area contributed by atoms with Crippen LogP contribution in [0.25, 0.3) is 0 Å². The van der Waals surface area contributed by atoms with Crippen molar-refractivity contribution >= 4 is 17.7 Å². The van der Waals surface area contributed by atoms with E-state index >= 15 is 0 Å². The first-order chi connectivity index (χ1) is 9.33. The predicted octanol–water partition coefficient (Wildman–Crippen LogP) is 1.68. The third-order valence-corrected chi connectivity index (χ3v) is 3.30. The normalized spacial score (nSPS) is 11.8. The predicted molar refractivity (Wildman–Crippen MR) is 64.2 cm³/mol. The Bertz CT molecular complexity index is 451. The second-order valence-corrected chi connectivity index (χ2v) is 4.91. The van der Waals surface area contributed by atoms with Crippen LogP contribution in [0.1, 0.15) is 25.1 Å². The minimum atomic E-state index is -4.19. The minimum absolute atomic E-state index is 0.0460. The van der Waals surface area contributed by atoms with Gasteiger partial charge in [-0.1, -0.05) is 11.8 Å². The summed E-state index contributed by atoms with van der Waals surface area (Å²) >= 11 is 0.911. The van der Waals surface area contributed by atoms with Crippen molar-refractivity contribution in [3.63, 3.8) is 0 Å². The first-order valence-corrected chi connectivity index (χ1v) is 6.76. The van der Waals surface area contributed by atoms with Gasteiger partial charge in [0.15, 0.2) is 11.0 Å². The molecule has 0 saturated carbocycles. The van der Waals surface area contributed by atoms with Crippen molar-refractivity contribution in [1.82, 2.24) is 14.8 Å². The molecule has 0 aliphatic carbocycles. The summed E-state index contributed by atoms with van der Waals surface area (Å²) in [5.74, 6) is -1.05. The molecule has 0 aliphatic rings. The summed E-state index contributed by atoms with van der Waals surface area (Å²) in [6.45, 7) is -0.194. The van der Waals surface area contributed by atoms with Gasteiger partial charge in [-0.3, -0.25) is 4.79 Å².